The Balaban J connectivity index is 2.18. The zero-order chi connectivity index (χ0) is 13.1. The van der Waals surface area contributed by atoms with E-state index in [9.17, 15) is 9.59 Å². The summed E-state index contributed by atoms with van der Waals surface area (Å²) in [4.78, 5) is 25.1. The van der Waals surface area contributed by atoms with Crippen LogP contribution in [0.2, 0.25) is 0 Å². The van der Waals surface area contributed by atoms with Gasteiger partial charge in [0.05, 0.1) is 19.6 Å². The Bertz CT molecular complexity index is 502. The molecule has 0 spiro atoms. The smallest absolute Gasteiger partial charge is 0.208 e. The second kappa shape index (κ2) is 3.46. The molecule has 4 nitrogen and oxygen atoms in total. The number of rotatable bonds is 2. The number of ether oxygens (including phenoxy) is 2. The number of ketones is 2. The average Bonchev–Trinajstić information content (AvgIpc) is 2.93. The topological polar surface area (TPSA) is 52.6 Å². The molecule has 3 aliphatic carbocycles. The van der Waals surface area contributed by atoms with Gasteiger partial charge in [0.15, 0.2) is 0 Å². The number of hydrogen-bond donors (Lipinski definition) is 0. The minimum Gasteiger partial charge on any atom is -0.490 e. The maximum atomic E-state index is 12.6. The van der Waals surface area contributed by atoms with Crippen molar-refractivity contribution in [1.29, 1.82) is 0 Å². The number of Topliss-reactive ketones (excluding diaryl/α,β-unsaturated/α-hetero) is 2. The normalized spacial score (nSPS) is 41.4. The van der Waals surface area contributed by atoms with Gasteiger partial charge >= 0.3 is 0 Å². The van der Waals surface area contributed by atoms with Gasteiger partial charge < -0.3 is 9.47 Å². The molecule has 1 fully saturated rings. The molecule has 0 amide bonds. The molecule has 0 aromatic rings. The average molecular weight is 250 g/mol. The largest absolute Gasteiger partial charge is 0.490 e. The number of allylic oxidation sites excluding steroid dienone is 4. The Morgan fingerprint density at radius 1 is 1.17 bits per heavy atom. The molecule has 0 aromatic heterocycles. The van der Waals surface area contributed by atoms with E-state index in [1.165, 1.54) is 14.2 Å². The van der Waals surface area contributed by atoms with E-state index >= 15 is 0 Å². The second-order valence-electron chi connectivity index (χ2n) is 5.41. The molecular formula is C14H16O4. The quantitative estimate of drug-likeness (QED) is 0.550. The van der Waals surface area contributed by atoms with Crippen molar-refractivity contribution in [3.63, 3.8) is 0 Å². The number of hydrogen-bond acceptors (Lipinski definition) is 4. The molecule has 4 heteroatoms. The van der Waals surface area contributed by atoms with Crippen LogP contribution in [0, 0.1) is 23.2 Å². The van der Waals surface area contributed by atoms with Crippen LogP contribution in [0.15, 0.2) is 23.7 Å². The van der Waals surface area contributed by atoms with E-state index in [-0.39, 0.29) is 40.8 Å². The molecule has 0 aliphatic heterocycles. The summed E-state index contributed by atoms with van der Waals surface area (Å²) in [7, 11) is 2.82. The monoisotopic (exact) mass is 250 g/mol. The van der Waals surface area contributed by atoms with Gasteiger partial charge in [-0.1, -0.05) is 19.1 Å². The van der Waals surface area contributed by atoms with Gasteiger partial charge in [-0.15, -0.1) is 0 Å². The van der Waals surface area contributed by atoms with Gasteiger partial charge in [0.25, 0.3) is 0 Å². The molecule has 0 radical (unpaired) electrons. The van der Waals surface area contributed by atoms with Crippen LogP contribution >= 0.6 is 0 Å². The highest BCUT2D eigenvalue weighted by molar-refractivity contribution is 6.14. The van der Waals surface area contributed by atoms with Gasteiger partial charge in [-0.25, -0.2) is 0 Å². The molecule has 96 valence electrons. The maximum absolute atomic E-state index is 12.6. The number of fused-ring (bicyclic) bond motifs is 5. The molecule has 4 atom stereocenters. The summed E-state index contributed by atoms with van der Waals surface area (Å²) in [5.41, 5.74) is -0.649. The zero-order valence-corrected chi connectivity index (χ0v) is 10.7. The number of carbonyl (C=O) groups is 2. The fourth-order valence-electron chi connectivity index (χ4n) is 3.85. The Morgan fingerprint density at radius 2 is 1.83 bits per heavy atom. The van der Waals surface area contributed by atoms with Gasteiger partial charge in [-0.2, -0.15) is 0 Å². The Hall–Kier alpha value is -1.58. The molecule has 3 rings (SSSR count). The van der Waals surface area contributed by atoms with Gasteiger partial charge in [-0.05, 0) is 18.3 Å². The molecule has 2 bridgehead atoms. The predicted octanol–water partition coefficient (Wildman–Crippen LogP) is 1.47. The van der Waals surface area contributed by atoms with Crippen LogP contribution < -0.4 is 0 Å². The van der Waals surface area contributed by atoms with Crippen LogP contribution in [0.25, 0.3) is 0 Å². The van der Waals surface area contributed by atoms with E-state index in [0.717, 1.165) is 6.42 Å². The summed E-state index contributed by atoms with van der Waals surface area (Å²) >= 11 is 0. The molecule has 3 aliphatic rings. The lowest BCUT2D eigenvalue weighted by Gasteiger charge is -2.40. The zero-order valence-electron chi connectivity index (χ0n) is 10.7. The Morgan fingerprint density at radius 3 is 2.44 bits per heavy atom. The minimum atomic E-state index is -0.649. The molecule has 0 heterocycles. The Kier molecular flexibility index (Phi) is 2.22. The molecular weight excluding hydrogens is 234 g/mol. The van der Waals surface area contributed by atoms with E-state index in [2.05, 4.69) is 12.2 Å². The highest BCUT2D eigenvalue weighted by Crippen LogP contribution is 2.60. The van der Waals surface area contributed by atoms with Crippen molar-refractivity contribution < 1.29 is 19.1 Å². The second-order valence-corrected chi connectivity index (χ2v) is 5.41. The fourth-order valence-corrected chi connectivity index (χ4v) is 3.85. The van der Waals surface area contributed by atoms with Gasteiger partial charge in [0.1, 0.15) is 0 Å². The third kappa shape index (κ3) is 1.06. The first-order chi connectivity index (χ1) is 8.55. The number of methoxy groups -OCH3 is 2. The summed E-state index contributed by atoms with van der Waals surface area (Å²) < 4.78 is 10.2. The molecule has 0 saturated heterocycles. The highest BCUT2D eigenvalue weighted by Gasteiger charge is 2.64. The minimum absolute atomic E-state index is 0.0854. The van der Waals surface area contributed by atoms with Crippen LogP contribution in [0.4, 0.5) is 0 Å². The van der Waals surface area contributed by atoms with E-state index in [4.69, 9.17) is 9.47 Å². The van der Waals surface area contributed by atoms with Crippen molar-refractivity contribution in [2.24, 2.45) is 23.2 Å². The third-order valence-electron chi connectivity index (χ3n) is 4.78. The van der Waals surface area contributed by atoms with Crippen LogP contribution in [0.1, 0.15) is 13.3 Å². The van der Waals surface area contributed by atoms with Crippen molar-refractivity contribution in [2.45, 2.75) is 13.3 Å². The maximum Gasteiger partial charge on any atom is 0.208 e. The summed E-state index contributed by atoms with van der Waals surface area (Å²) in [6.07, 6.45) is 5.01. The Labute approximate surface area is 106 Å². The van der Waals surface area contributed by atoms with Gasteiger partial charge in [-0.3, -0.25) is 9.59 Å². The lowest BCUT2D eigenvalue weighted by atomic mass is 9.99. The summed E-state index contributed by atoms with van der Waals surface area (Å²) in [5.74, 6) is 0.0195. The van der Waals surface area contributed by atoms with Crippen molar-refractivity contribution in [2.75, 3.05) is 14.2 Å². The lowest BCUT2D eigenvalue weighted by Crippen LogP contribution is -2.49. The SMILES string of the molecule is COC1=C(OC)C(=O)[13C]2(C)[C@@H]3C=C[C@@H](C3)[13CH]2C1=O. The van der Waals surface area contributed by atoms with Crippen molar-refractivity contribution >= 4 is 11.6 Å². The molecule has 1 saturated carbocycles. The summed E-state index contributed by atoms with van der Waals surface area (Å²) in [6.45, 7) is 1.89. The van der Waals surface area contributed by atoms with Crippen molar-refractivity contribution in [1.82, 2.24) is 0 Å². The molecule has 2 unspecified atom stereocenters. The van der Waals surface area contributed by atoms with Crippen molar-refractivity contribution in [3.05, 3.63) is 23.7 Å². The van der Waals surface area contributed by atoms with Crippen LogP contribution in [0.3, 0.4) is 0 Å². The number of carbonyl (C=O) groups excluding carboxylic acids is 2. The summed E-state index contributed by atoms with van der Waals surface area (Å²) in [6, 6.07) is 0. The van der Waals surface area contributed by atoms with Crippen LogP contribution in [0.5, 0.6) is 0 Å². The fraction of sp³-hybridized carbons (Fsp3) is 0.571. The van der Waals surface area contributed by atoms with E-state index in [1.807, 2.05) is 6.92 Å². The highest BCUT2D eigenvalue weighted by atomic mass is 16.5. The first-order valence-corrected chi connectivity index (χ1v) is 6.15. The van der Waals surface area contributed by atoms with Gasteiger partial charge in [0.2, 0.25) is 23.1 Å². The first-order valence-electron chi connectivity index (χ1n) is 6.15. The van der Waals surface area contributed by atoms with E-state index < -0.39 is 5.41 Å². The molecule has 0 aromatic carbocycles. The summed E-state index contributed by atoms with van der Waals surface area (Å²) in [5, 5.41) is 0. The molecule has 18 heavy (non-hydrogen) atoms. The van der Waals surface area contributed by atoms with Crippen LogP contribution in [-0.2, 0) is 19.1 Å². The first kappa shape index (κ1) is 11.5. The van der Waals surface area contributed by atoms with Crippen LogP contribution in [-0.4, -0.2) is 25.8 Å². The molecule has 0 N–H and O–H groups in total. The third-order valence-corrected chi connectivity index (χ3v) is 4.78. The van der Waals surface area contributed by atoms with Gasteiger partial charge in [0, 0.05) is 5.92 Å². The standard InChI is InChI=1S/C14H16O4/c1-14-8-5-4-7(6-8)9(14)10(15)11(17-2)12(18-3)13(14)16/h4-5,7-9H,6H2,1-3H3/t7-,8+,9?,14?/m0/s1/i9+1,14+1. The van der Waals surface area contributed by atoms with E-state index in [0.29, 0.717) is 0 Å². The van der Waals surface area contributed by atoms with E-state index in [1.54, 1.807) is 0 Å². The predicted molar refractivity (Wildman–Crippen MR) is 63.4 cm³/mol. The van der Waals surface area contributed by atoms with Crippen molar-refractivity contribution in [3.8, 4) is 0 Å². The lowest BCUT2D eigenvalue weighted by molar-refractivity contribution is -0.143.